The van der Waals surface area contributed by atoms with Gasteiger partial charge in [0.25, 0.3) is 11.8 Å². The van der Waals surface area contributed by atoms with Gasteiger partial charge in [-0.1, -0.05) is 12.1 Å². The van der Waals surface area contributed by atoms with Gasteiger partial charge in [0.15, 0.2) is 12.7 Å². The number of aromatic nitrogens is 1. The summed E-state index contributed by atoms with van der Waals surface area (Å²) in [6, 6.07) is 10.7. The van der Waals surface area contributed by atoms with Gasteiger partial charge >= 0.3 is 0 Å². The number of nitrogens with one attached hydrogen (secondary N) is 1. The lowest BCUT2D eigenvalue weighted by atomic mass is 10.1. The zero-order chi connectivity index (χ0) is 17.8. The first kappa shape index (κ1) is 16.8. The fourth-order valence-corrected chi connectivity index (χ4v) is 2.53. The zero-order valence-electron chi connectivity index (χ0n) is 14.1. The average Bonchev–Trinajstić information content (AvgIpc) is 2.65. The lowest BCUT2D eigenvalue weighted by Crippen LogP contribution is -2.51. The summed E-state index contributed by atoms with van der Waals surface area (Å²) < 4.78 is 11.2. The summed E-state index contributed by atoms with van der Waals surface area (Å²) >= 11 is 0. The highest BCUT2D eigenvalue weighted by molar-refractivity contribution is 5.98. The molecule has 7 nitrogen and oxygen atoms in total. The van der Waals surface area contributed by atoms with Crippen LogP contribution in [-0.4, -0.2) is 43.1 Å². The van der Waals surface area contributed by atoms with Crippen molar-refractivity contribution in [2.75, 3.05) is 25.1 Å². The average molecular weight is 341 g/mol. The Morgan fingerprint density at radius 1 is 1.32 bits per heavy atom. The fraction of sp³-hybridized carbons (Fsp3) is 0.278. The predicted octanol–water partition coefficient (Wildman–Crippen LogP) is 1.31. The van der Waals surface area contributed by atoms with Gasteiger partial charge in [-0.2, -0.15) is 0 Å². The number of likely N-dealkylation sites (N-methyl/N-ethyl adjacent to an activating group) is 1. The number of nitrogens with zero attached hydrogens (tertiary/aromatic N) is 2. The SMILES string of the molecule is CNC(=O)C1CN(C(=O)COc2ccc(C)nc2)c2ccccc2O1. The molecule has 1 aromatic heterocycles. The van der Waals surface area contributed by atoms with Gasteiger partial charge in [-0.3, -0.25) is 14.6 Å². The van der Waals surface area contributed by atoms with Gasteiger partial charge in [0.2, 0.25) is 0 Å². The van der Waals surface area contributed by atoms with Gasteiger partial charge in [0.1, 0.15) is 11.5 Å². The Labute approximate surface area is 145 Å². The fourth-order valence-electron chi connectivity index (χ4n) is 2.53. The van der Waals surface area contributed by atoms with Crippen LogP contribution in [0.25, 0.3) is 0 Å². The first-order chi connectivity index (χ1) is 12.1. The van der Waals surface area contributed by atoms with Gasteiger partial charge in [-0.05, 0) is 31.2 Å². The lowest BCUT2D eigenvalue weighted by Gasteiger charge is -2.33. The molecule has 0 radical (unpaired) electrons. The summed E-state index contributed by atoms with van der Waals surface area (Å²) in [4.78, 5) is 30.2. The van der Waals surface area contributed by atoms with Crippen LogP contribution in [0.1, 0.15) is 5.69 Å². The summed E-state index contributed by atoms with van der Waals surface area (Å²) in [6.45, 7) is 1.85. The van der Waals surface area contributed by atoms with E-state index in [1.807, 2.05) is 19.1 Å². The number of para-hydroxylation sites is 2. The van der Waals surface area contributed by atoms with Gasteiger partial charge in [0.05, 0.1) is 18.4 Å². The van der Waals surface area contributed by atoms with Crippen molar-refractivity contribution in [3.8, 4) is 11.5 Å². The molecule has 0 saturated carbocycles. The molecular weight excluding hydrogens is 322 g/mol. The molecule has 1 aliphatic rings. The summed E-state index contributed by atoms with van der Waals surface area (Å²) in [5.41, 5.74) is 1.49. The van der Waals surface area contributed by atoms with E-state index in [1.165, 1.54) is 11.9 Å². The topological polar surface area (TPSA) is 80.8 Å². The Morgan fingerprint density at radius 2 is 2.12 bits per heavy atom. The van der Waals surface area contributed by atoms with Crippen LogP contribution in [0.5, 0.6) is 11.5 Å². The number of carbonyl (C=O) groups excluding carboxylic acids is 2. The third kappa shape index (κ3) is 3.71. The number of hydrogen-bond acceptors (Lipinski definition) is 5. The summed E-state index contributed by atoms with van der Waals surface area (Å²) in [6.07, 6.45) is 0.813. The molecule has 1 unspecified atom stereocenters. The molecule has 0 bridgehead atoms. The van der Waals surface area contributed by atoms with E-state index in [4.69, 9.17) is 9.47 Å². The maximum Gasteiger partial charge on any atom is 0.265 e. The van der Waals surface area contributed by atoms with Crippen LogP contribution in [0.4, 0.5) is 5.69 Å². The van der Waals surface area contributed by atoms with E-state index in [9.17, 15) is 9.59 Å². The number of carbonyl (C=O) groups is 2. The standard InChI is InChI=1S/C18H19N3O4/c1-12-7-8-13(9-20-12)24-11-17(22)21-10-16(18(23)19-2)25-15-6-4-3-5-14(15)21/h3-9,16H,10-11H2,1-2H3,(H,19,23). The van der Waals surface area contributed by atoms with E-state index in [1.54, 1.807) is 30.5 Å². The molecule has 3 rings (SSSR count). The Hall–Kier alpha value is -3.09. The van der Waals surface area contributed by atoms with Crippen LogP contribution in [0, 0.1) is 6.92 Å². The van der Waals surface area contributed by atoms with Crippen molar-refractivity contribution in [2.24, 2.45) is 0 Å². The molecule has 0 saturated heterocycles. The minimum absolute atomic E-state index is 0.130. The molecule has 7 heteroatoms. The largest absolute Gasteiger partial charge is 0.482 e. The highest BCUT2D eigenvalue weighted by atomic mass is 16.5. The molecule has 1 atom stereocenters. The number of rotatable bonds is 4. The molecule has 1 aromatic carbocycles. The van der Waals surface area contributed by atoms with Crippen molar-refractivity contribution in [1.29, 1.82) is 0 Å². The number of benzene rings is 1. The van der Waals surface area contributed by atoms with Crippen LogP contribution >= 0.6 is 0 Å². The predicted molar refractivity (Wildman–Crippen MR) is 91.7 cm³/mol. The van der Waals surface area contributed by atoms with Crippen molar-refractivity contribution in [1.82, 2.24) is 10.3 Å². The Morgan fingerprint density at radius 3 is 2.84 bits per heavy atom. The first-order valence-electron chi connectivity index (χ1n) is 7.91. The normalized spacial score (nSPS) is 15.8. The monoisotopic (exact) mass is 341 g/mol. The molecule has 0 spiro atoms. The van der Waals surface area contributed by atoms with Crippen LogP contribution in [0.3, 0.4) is 0 Å². The van der Waals surface area contributed by atoms with Gasteiger partial charge < -0.3 is 19.7 Å². The molecular formula is C18H19N3O4. The van der Waals surface area contributed by atoms with Crippen molar-refractivity contribution in [3.05, 3.63) is 48.3 Å². The second-order valence-corrected chi connectivity index (χ2v) is 5.62. The smallest absolute Gasteiger partial charge is 0.265 e. The van der Waals surface area contributed by atoms with Gasteiger partial charge in [0, 0.05) is 12.7 Å². The summed E-state index contributed by atoms with van der Waals surface area (Å²) in [7, 11) is 1.53. The summed E-state index contributed by atoms with van der Waals surface area (Å²) in [5.74, 6) is 0.470. The lowest BCUT2D eigenvalue weighted by molar-refractivity contribution is -0.128. The van der Waals surface area contributed by atoms with E-state index < -0.39 is 6.10 Å². The molecule has 25 heavy (non-hydrogen) atoms. The highest BCUT2D eigenvalue weighted by Crippen LogP contribution is 2.33. The number of fused-ring (bicyclic) bond motifs is 1. The Balaban J connectivity index is 1.75. The minimum Gasteiger partial charge on any atom is -0.482 e. The van der Waals surface area contributed by atoms with E-state index in [2.05, 4.69) is 10.3 Å². The number of pyridine rings is 1. The van der Waals surface area contributed by atoms with Crippen molar-refractivity contribution in [2.45, 2.75) is 13.0 Å². The van der Waals surface area contributed by atoms with E-state index >= 15 is 0 Å². The molecule has 2 heterocycles. The van der Waals surface area contributed by atoms with Crippen LogP contribution in [-0.2, 0) is 9.59 Å². The number of anilines is 1. The van der Waals surface area contributed by atoms with Crippen LogP contribution < -0.4 is 19.7 Å². The maximum atomic E-state index is 12.7. The molecule has 0 aliphatic carbocycles. The maximum absolute atomic E-state index is 12.7. The second kappa shape index (κ2) is 7.21. The van der Waals surface area contributed by atoms with Crippen LogP contribution in [0.15, 0.2) is 42.6 Å². The molecule has 2 amide bonds. The van der Waals surface area contributed by atoms with Gasteiger partial charge in [-0.25, -0.2) is 0 Å². The molecule has 130 valence electrons. The van der Waals surface area contributed by atoms with Crippen molar-refractivity contribution >= 4 is 17.5 Å². The first-order valence-corrected chi connectivity index (χ1v) is 7.91. The number of aryl methyl sites for hydroxylation is 1. The number of amides is 2. The molecule has 0 fully saturated rings. The number of hydrogen-bond donors (Lipinski definition) is 1. The number of ether oxygens (including phenoxy) is 2. The summed E-state index contributed by atoms with van der Waals surface area (Å²) in [5, 5.41) is 2.55. The third-order valence-electron chi connectivity index (χ3n) is 3.86. The van der Waals surface area contributed by atoms with Crippen molar-refractivity contribution < 1.29 is 19.1 Å². The van der Waals surface area contributed by atoms with Crippen molar-refractivity contribution in [3.63, 3.8) is 0 Å². The Bertz CT molecular complexity index is 776. The highest BCUT2D eigenvalue weighted by Gasteiger charge is 2.33. The van der Waals surface area contributed by atoms with E-state index in [0.717, 1.165) is 5.69 Å². The second-order valence-electron chi connectivity index (χ2n) is 5.62. The molecule has 1 aliphatic heterocycles. The van der Waals surface area contributed by atoms with Crippen LogP contribution in [0.2, 0.25) is 0 Å². The minimum atomic E-state index is -0.759. The quantitative estimate of drug-likeness (QED) is 0.907. The third-order valence-corrected chi connectivity index (χ3v) is 3.86. The van der Waals surface area contributed by atoms with E-state index in [-0.39, 0.29) is 25.0 Å². The molecule has 1 N–H and O–H groups in total. The zero-order valence-corrected chi connectivity index (χ0v) is 14.1. The Kier molecular flexibility index (Phi) is 4.83. The van der Waals surface area contributed by atoms with Gasteiger partial charge in [-0.15, -0.1) is 0 Å². The molecule has 2 aromatic rings. The van der Waals surface area contributed by atoms with E-state index in [0.29, 0.717) is 17.2 Å².